The molecule has 0 spiro atoms. The number of pyridine rings is 2. The number of hydrogen-bond acceptors (Lipinski definition) is 3. The highest BCUT2D eigenvalue weighted by Gasteiger charge is 2.00. The highest BCUT2D eigenvalue weighted by molar-refractivity contribution is 5.41. The van der Waals surface area contributed by atoms with Crippen LogP contribution in [0, 0.1) is 17.2 Å². The van der Waals surface area contributed by atoms with Crippen molar-refractivity contribution in [3.63, 3.8) is 0 Å². The number of nitrogens with zero attached hydrogens (tertiary/aromatic N) is 2. The van der Waals surface area contributed by atoms with Crippen LogP contribution in [0.25, 0.3) is 0 Å². The molecule has 0 atom stereocenters. The first-order chi connectivity index (χ1) is 8.66. The minimum atomic E-state index is -0.562. The number of nitrogens with one attached hydrogen (secondary N) is 2. The Labute approximate surface area is 102 Å². The third-order valence-electron chi connectivity index (χ3n) is 2.42. The summed E-state index contributed by atoms with van der Waals surface area (Å²) in [6.07, 6.45) is 2.86. The lowest BCUT2D eigenvalue weighted by Gasteiger charge is -2.09. The molecule has 2 rings (SSSR count). The van der Waals surface area contributed by atoms with Gasteiger partial charge in [-0.2, -0.15) is 4.39 Å². The number of rotatable bonds is 4. The molecule has 0 radical (unpaired) electrons. The standard InChI is InChI=1S/C12H12F2N4/c13-9-3-6-18(11(15)8-9)7-5-16-10-2-1-4-17-12(10)14/h1-4,6,8,15-16H,5,7H2. The third-order valence-corrected chi connectivity index (χ3v) is 2.42. The van der Waals surface area contributed by atoms with Crippen molar-refractivity contribution < 1.29 is 8.78 Å². The van der Waals surface area contributed by atoms with Crippen molar-refractivity contribution in [2.45, 2.75) is 6.54 Å². The van der Waals surface area contributed by atoms with Gasteiger partial charge < -0.3 is 9.88 Å². The highest BCUT2D eigenvalue weighted by Crippen LogP contribution is 2.08. The minimum Gasteiger partial charge on any atom is -0.380 e. The fourth-order valence-corrected chi connectivity index (χ4v) is 1.53. The molecule has 4 nitrogen and oxygen atoms in total. The van der Waals surface area contributed by atoms with Gasteiger partial charge >= 0.3 is 0 Å². The van der Waals surface area contributed by atoms with Gasteiger partial charge in [-0.1, -0.05) is 0 Å². The summed E-state index contributed by atoms with van der Waals surface area (Å²) in [7, 11) is 0. The predicted molar refractivity (Wildman–Crippen MR) is 62.9 cm³/mol. The van der Waals surface area contributed by atoms with Crippen LogP contribution in [0.3, 0.4) is 0 Å². The van der Waals surface area contributed by atoms with Crippen molar-refractivity contribution >= 4 is 5.69 Å². The molecule has 18 heavy (non-hydrogen) atoms. The highest BCUT2D eigenvalue weighted by atomic mass is 19.1. The zero-order valence-corrected chi connectivity index (χ0v) is 9.53. The molecule has 0 aliphatic carbocycles. The fourth-order valence-electron chi connectivity index (χ4n) is 1.53. The van der Waals surface area contributed by atoms with Gasteiger partial charge in [0, 0.05) is 31.5 Å². The average Bonchev–Trinajstić information content (AvgIpc) is 2.34. The van der Waals surface area contributed by atoms with E-state index in [1.807, 2.05) is 0 Å². The molecule has 2 heterocycles. The van der Waals surface area contributed by atoms with Crippen LogP contribution in [0.4, 0.5) is 14.5 Å². The second-order valence-electron chi connectivity index (χ2n) is 3.69. The first-order valence-corrected chi connectivity index (χ1v) is 5.42. The van der Waals surface area contributed by atoms with E-state index >= 15 is 0 Å². The van der Waals surface area contributed by atoms with Crippen molar-refractivity contribution in [2.75, 3.05) is 11.9 Å². The van der Waals surface area contributed by atoms with Gasteiger partial charge in [-0.05, 0) is 18.2 Å². The summed E-state index contributed by atoms with van der Waals surface area (Å²) in [6, 6.07) is 5.62. The van der Waals surface area contributed by atoms with Crippen LogP contribution >= 0.6 is 0 Å². The maximum Gasteiger partial charge on any atom is 0.236 e. The lowest BCUT2D eigenvalue weighted by Crippen LogP contribution is -2.23. The Hall–Kier alpha value is -2.24. The van der Waals surface area contributed by atoms with Crippen molar-refractivity contribution in [2.24, 2.45) is 0 Å². The average molecular weight is 250 g/mol. The summed E-state index contributed by atoms with van der Waals surface area (Å²) in [4.78, 5) is 3.51. The van der Waals surface area contributed by atoms with E-state index in [2.05, 4.69) is 10.3 Å². The molecule has 6 heteroatoms. The summed E-state index contributed by atoms with van der Waals surface area (Å²) in [5.74, 6) is -1.00. The van der Waals surface area contributed by atoms with Crippen LogP contribution in [0.2, 0.25) is 0 Å². The molecule has 0 aromatic carbocycles. The van der Waals surface area contributed by atoms with E-state index in [-0.39, 0.29) is 5.49 Å². The maximum atomic E-state index is 13.2. The van der Waals surface area contributed by atoms with E-state index in [0.717, 1.165) is 6.07 Å². The van der Waals surface area contributed by atoms with Gasteiger partial charge in [0.05, 0.1) is 5.69 Å². The van der Waals surface area contributed by atoms with Crippen molar-refractivity contribution in [3.8, 4) is 0 Å². The van der Waals surface area contributed by atoms with Crippen molar-refractivity contribution in [1.82, 2.24) is 9.55 Å². The van der Waals surface area contributed by atoms with Gasteiger partial charge in [0.25, 0.3) is 0 Å². The quantitative estimate of drug-likeness (QED) is 0.812. The molecule has 94 valence electrons. The van der Waals surface area contributed by atoms with Crippen LogP contribution in [0.5, 0.6) is 0 Å². The van der Waals surface area contributed by atoms with Gasteiger partial charge in [0.1, 0.15) is 11.3 Å². The van der Waals surface area contributed by atoms with Gasteiger partial charge in [-0.25, -0.2) is 9.37 Å². The minimum absolute atomic E-state index is 0.0726. The first-order valence-electron chi connectivity index (χ1n) is 5.42. The first kappa shape index (κ1) is 12.2. The number of aromatic nitrogens is 2. The van der Waals surface area contributed by atoms with E-state index < -0.39 is 11.8 Å². The van der Waals surface area contributed by atoms with Crippen molar-refractivity contribution in [1.29, 1.82) is 5.41 Å². The molecule has 0 amide bonds. The van der Waals surface area contributed by atoms with Gasteiger partial charge in [0.15, 0.2) is 0 Å². The Morgan fingerprint density at radius 3 is 2.89 bits per heavy atom. The monoisotopic (exact) mass is 250 g/mol. The lowest BCUT2D eigenvalue weighted by molar-refractivity contribution is 0.582. The molecule has 0 saturated carbocycles. The Morgan fingerprint density at radius 1 is 1.33 bits per heavy atom. The number of anilines is 1. The lowest BCUT2D eigenvalue weighted by atomic mass is 10.4. The molecule has 0 unspecified atom stereocenters. The smallest absolute Gasteiger partial charge is 0.236 e. The summed E-state index contributed by atoms with van der Waals surface area (Å²) < 4.78 is 27.5. The van der Waals surface area contributed by atoms with E-state index in [1.165, 1.54) is 18.5 Å². The van der Waals surface area contributed by atoms with E-state index in [4.69, 9.17) is 5.41 Å². The van der Waals surface area contributed by atoms with E-state index in [1.54, 1.807) is 16.7 Å². The molecule has 2 aromatic heterocycles. The Balaban J connectivity index is 1.97. The second kappa shape index (κ2) is 5.39. The van der Waals surface area contributed by atoms with Crippen LogP contribution in [0.15, 0.2) is 36.7 Å². The van der Waals surface area contributed by atoms with E-state index in [9.17, 15) is 8.78 Å². The Bertz CT molecular complexity index is 595. The second-order valence-corrected chi connectivity index (χ2v) is 3.69. The molecular formula is C12H12F2N4. The number of hydrogen-bond donors (Lipinski definition) is 2. The molecule has 0 aliphatic heterocycles. The third kappa shape index (κ3) is 2.91. The zero-order chi connectivity index (χ0) is 13.0. The predicted octanol–water partition coefficient (Wildman–Crippen LogP) is 1.75. The Kier molecular flexibility index (Phi) is 3.66. The van der Waals surface area contributed by atoms with Crippen LogP contribution in [0.1, 0.15) is 0 Å². The fraction of sp³-hybridized carbons (Fsp3) is 0.167. The molecule has 0 saturated heterocycles. The molecule has 0 bridgehead atoms. The van der Waals surface area contributed by atoms with Crippen molar-refractivity contribution in [3.05, 3.63) is 53.9 Å². The molecule has 2 N–H and O–H groups in total. The SMILES string of the molecule is N=c1cc(F)ccn1CCNc1cccnc1F. The molecule has 2 aromatic rings. The Morgan fingerprint density at radius 2 is 2.17 bits per heavy atom. The van der Waals surface area contributed by atoms with Crippen LogP contribution < -0.4 is 10.8 Å². The zero-order valence-electron chi connectivity index (χ0n) is 9.53. The summed E-state index contributed by atoms with van der Waals surface area (Å²) in [6.45, 7) is 0.859. The summed E-state index contributed by atoms with van der Waals surface area (Å²) in [5, 5.41) is 10.4. The normalized spacial score (nSPS) is 10.3. The molecule has 0 fully saturated rings. The van der Waals surface area contributed by atoms with Gasteiger partial charge in [0.2, 0.25) is 5.95 Å². The van der Waals surface area contributed by atoms with E-state index in [0.29, 0.717) is 18.8 Å². The summed E-state index contributed by atoms with van der Waals surface area (Å²) in [5.41, 5.74) is 0.384. The molecule has 0 aliphatic rings. The largest absolute Gasteiger partial charge is 0.380 e. The topological polar surface area (TPSA) is 53.7 Å². The molecular weight excluding hydrogens is 238 g/mol. The van der Waals surface area contributed by atoms with Crippen LogP contribution in [-0.2, 0) is 6.54 Å². The number of halogens is 2. The maximum absolute atomic E-state index is 13.2. The van der Waals surface area contributed by atoms with Crippen LogP contribution in [-0.4, -0.2) is 16.1 Å². The van der Waals surface area contributed by atoms with Gasteiger partial charge in [-0.3, -0.25) is 5.41 Å². The van der Waals surface area contributed by atoms with Gasteiger partial charge in [-0.15, -0.1) is 0 Å². The summed E-state index contributed by atoms with van der Waals surface area (Å²) >= 11 is 0.